The van der Waals surface area contributed by atoms with Gasteiger partial charge in [-0.1, -0.05) is 19.1 Å². The minimum atomic E-state index is 0.288. The highest BCUT2D eigenvalue weighted by Crippen LogP contribution is 2.33. The summed E-state index contributed by atoms with van der Waals surface area (Å²) in [7, 11) is 0. The van der Waals surface area contributed by atoms with E-state index < -0.39 is 0 Å². The number of ether oxygens (including phenoxy) is 1. The van der Waals surface area contributed by atoms with Crippen molar-refractivity contribution in [3.63, 3.8) is 0 Å². The summed E-state index contributed by atoms with van der Waals surface area (Å²) in [4.78, 5) is 4.28. The number of aryl methyl sites for hydroxylation is 1. The van der Waals surface area contributed by atoms with Gasteiger partial charge in [0.05, 0.1) is 6.61 Å². The number of hydrogen-bond donors (Lipinski definition) is 1. The molecular formula is C17H19N3O. The SMILES string of the molecule is CCOc1ccc(-c2c(C#N)c(N)nc(C)c2CC)cc1. The number of nitriles is 1. The van der Waals surface area contributed by atoms with E-state index in [1.54, 1.807) is 0 Å². The molecule has 0 amide bonds. The summed E-state index contributed by atoms with van der Waals surface area (Å²) >= 11 is 0. The average Bonchev–Trinajstić information content (AvgIpc) is 2.48. The van der Waals surface area contributed by atoms with Crippen LogP contribution < -0.4 is 10.5 Å². The Bertz CT molecular complexity index is 685. The zero-order valence-electron chi connectivity index (χ0n) is 12.6. The number of pyridine rings is 1. The molecule has 0 atom stereocenters. The van der Waals surface area contributed by atoms with Gasteiger partial charge in [-0.05, 0) is 43.5 Å². The van der Waals surface area contributed by atoms with Crippen LogP contribution in [0, 0.1) is 18.3 Å². The Balaban J connectivity index is 2.64. The van der Waals surface area contributed by atoms with Crippen LogP contribution in [0.25, 0.3) is 11.1 Å². The average molecular weight is 281 g/mol. The smallest absolute Gasteiger partial charge is 0.142 e. The number of rotatable bonds is 4. The van der Waals surface area contributed by atoms with Crippen molar-refractivity contribution >= 4 is 5.82 Å². The van der Waals surface area contributed by atoms with Crippen molar-refractivity contribution in [3.8, 4) is 22.9 Å². The Labute approximate surface area is 125 Å². The zero-order valence-corrected chi connectivity index (χ0v) is 12.6. The molecule has 4 heteroatoms. The minimum absolute atomic E-state index is 0.288. The van der Waals surface area contributed by atoms with E-state index in [1.165, 1.54) is 0 Å². The second-order valence-electron chi connectivity index (χ2n) is 4.73. The summed E-state index contributed by atoms with van der Waals surface area (Å²) in [5.41, 5.74) is 10.1. The van der Waals surface area contributed by atoms with Gasteiger partial charge in [0.1, 0.15) is 23.2 Å². The highest BCUT2D eigenvalue weighted by Gasteiger charge is 2.16. The van der Waals surface area contributed by atoms with Crippen LogP contribution in [0.3, 0.4) is 0 Å². The van der Waals surface area contributed by atoms with E-state index in [0.29, 0.717) is 12.2 Å². The fourth-order valence-corrected chi connectivity index (χ4v) is 2.51. The number of nitrogen functional groups attached to an aromatic ring is 1. The fraction of sp³-hybridized carbons (Fsp3) is 0.294. The van der Waals surface area contributed by atoms with Crippen LogP contribution in [-0.2, 0) is 6.42 Å². The molecule has 0 bridgehead atoms. The predicted molar refractivity (Wildman–Crippen MR) is 84.1 cm³/mol. The van der Waals surface area contributed by atoms with Crippen molar-refractivity contribution in [1.29, 1.82) is 5.26 Å². The fourth-order valence-electron chi connectivity index (χ4n) is 2.51. The van der Waals surface area contributed by atoms with Crippen molar-refractivity contribution in [3.05, 3.63) is 41.1 Å². The van der Waals surface area contributed by atoms with E-state index in [2.05, 4.69) is 18.0 Å². The first-order valence-corrected chi connectivity index (χ1v) is 7.04. The standard InChI is InChI=1S/C17H19N3O/c1-4-14-11(3)20-17(19)15(10-18)16(14)12-6-8-13(9-7-12)21-5-2/h6-9H,4-5H2,1-3H3,(H2,19,20). The largest absolute Gasteiger partial charge is 0.494 e. The molecule has 0 saturated carbocycles. The topological polar surface area (TPSA) is 71.9 Å². The van der Waals surface area contributed by atoms with Gasteiger partial charge in [0.2, 0.25) is 0 Å². The van der Waals surface area contributed by atoms with Gasteiger partial charge in [-0.2, -0.15) is 5.26 Å². The summed E-state index contributed by atoms with van der Waals surface area (Å²) in [6, 6.07) is 9.92. The lowest BCUT2D eigenvalue weighted by Crippen LogP contribution is -2.05. The normalized spacial score (nSPS) is 10.2. The molecule has 2 rings (SSSR count). The Kier molecular flexibility index (Phi) is 4.44. The first-order chi connectivity index (χ1) is 10.1. The van der Waals surface area contributed by atoms with Crippen LogP contribution in [0.1, 0.15) is 30.7 Å². The highest BCUT2D eigenvalue weighted by atomic mass is 16.5. The van der Waals surface area contributed by atoms with Crippen molar-refractivity contribution in [2.45, 2.75) is 27.2 Å². The molecule has 1 aromatic carbocycles. The van der Waals surface area contributed by atoms with E-state index in [4.69, 9.17) is 10.5 Å². The molecular weight excluding hydrogens is 262 g/mol. The number of aromatic nitrogens is 1. The molecule has 1 heterocycles. The van der Waals surface area contributed by atoms with Gasteiger partial charge in [0, 0.05) is 11.3 Å². The molecule has 0 radical (unpaired) electrons. The molecule has 0 saturated heterocycles. The van der Waals surface area contributed by atoms with Gasteiger partial charge in [-0.3, -0.25) is 0 Å². The molecule has 0 aliphatic rings. The molecule has 21 heavy (non-hydrogen) atoms. The highest BCUT2D eigenvalue weighted by molar-refractivity contribution is 5.79. The molecule has 0 aliphatic carbocycles. The molecule has 2 N–H and O–H groups in total. The zero-order chi connectivity index (χ0) is 15.4. The van der Waals surface area contributed by atoms with Crippen molar-refractivity contribution in [2.75, 3.05) is 12.3 Å². The lowest BCUT2D eigenvalue weighted by atomic mass is 9.93. The van der Waals surface area contributed by atoms with Crippen LogP contribution in [0.2, 0.25) is 0 Å². The van der Waals surface area contributed by atoms with Crippen LogP contribution >= 0.6 is 0 Å². The van der Waals surface area contributed by atoms with Gasteiger partial charge >= 0.3 is 0 Å². The third-order valence-electron chi connectivity index (χ3n) is 3.45. The van der Waals surface area contributed by atoms with E-state index in [9.17, 15) is 5.26 Å². The van der Waals surface area contributed by atoms with E-state index in [0.717, 1.165) is 34.6 Å². The summed E-state index contributed by atoms with van der Waals surface area (Å²) < 4.78 is 5.46. The van der Waals surface area contributed by atoms with Gasteiger partial charge in [-0.15, -0.1) is 0 Å². The molecule has 108 valence electrons. The number of anilines is 1. The number of benzene rings is 1. The monoisotopic (exact) mass is 281 g/mol. The minimum Gasteiger partial charge on any atom is -0.494 e. The van der Waals surface area contributed by atoms with Gasteiger partial charge in [0.15, 0.2) is 0 Å². The third kappa shape index (κ3) is 2.82. The van der Waals surface area contributed by atoms with Crippen LogP contribution in [0.4, 0.5) is 5.82 Å². The number of hydrogen-bond acceptors (Lipinski definition) is 4. The molecule has 2 aromatic rings. The van der Waals surface area contributed by atoms with Gasteiger partial charge in [0.25, 0.3) is 0 Å². The first kappa shape index (κ1) is 14.9. The molecule has 0 fully saturated rings. The molecule has 0 aliphatic heterocycles. The Hall–Kier alpha value is -2.54. The van der Waals surface area contributed by atoms with E-state index in [-0.39, 0.29) is 5.82 Å². The quantitative estimate of drug-likeness (QED) is 0.931. The van der Waals surface area contributed by atoms with Crippen LogP contribution in [0.15, 0.2) is 24.3 Å². The molecule has 0 unspecified atom stereocenters. The maximum atomic E-state index is 9.42. The van der Waals surface area contributed by atoms with Gasteiger partial charge < -0.3 is 10.5 Å². The summed E-state index contributed by atoms with van der Waals surface area (Å²) in [5, 5.41) is 9.42. The van der Waals surface area contributed by atoms with E-state index in [1.807, 2.05) is 38.1 Å². The van der Waals surface area contributed by atoms with Crippen LogP contribution in [0.5, 0.6) is 5.75 Å². The number of nitrogens with zero attached hydrogens (tertiary/aromatic N) is 2. The van der Waals surface area contributed by atoms with Crippen LogP contribution in [-0.4, -0.2) is 11.6 Å². The maximum Gasteiger partial charge on any atom is 0.142 e. The molecule has 1 aromatic heterocycles. The Morgan fingerprint density at radius 2 is 1.90 bits per heavy atom. The summed E-state index contributed by atoms with van der Waals surface area (Å²) in [6.07, 6.45) is 0.802. The molecule has 0 spiro atoms. The first-order valence-electron chi connectivity index (χ1n) is 7.04. The van der Waals surface area contributed by atoms with Crippen molar-refractivity contribution in [2.24, 2.45) is 0 Å². The number of nitrogens with two attached hydrogens (primary N) is 1. The Morgan fingerprint density at radius 1 is 1.24 bits per heavy atom. The second-order valence-corrected chi connectivity index (χ2v) is 4.73. The predicted octanol–water partition coefficient (Wildman–Crippen LogP) is 3.47. The van der Waals surface area contributed by atoms with Crippen molar-refractivity contribution < 1.29 is 4.74 Å². The van der Waals surface area contributed by atoms with Crippen molar-refractivity contribution in [1.82, 2.24) is 4.98 Å². The second kappa shape index (κ2) is 6.27. The van der Waals surface area contributed by atoms with Gasteiger partial charge in [-0.25, -0.2) is 4.98 Å². The maximum absolute atomic E-state index is 9.42. The van der Waals surface area contributed by atoms with E-state index >= 15 is 0 Å². The lowest BCUT2D eigenvalue weighted by Gasteiger charge is -2.15. The summed E-state index contributed by atoms with van der Waals surface area (Å²) in [6.45, 7) is 6.56. The molecule has 4 nitrogen and oxygen atoms in total. The summed E-state index contributed by atoms with van der Waals surface area (Å²) in [5.74, 6) is 1.10. The lowest BCUT2D eigenvalue weighted by molar-refractivity contribution is 0.340. The Morgan fingerprint density at radius 3 is 2.43 bits per heavy atom. The third-order valence-corrected chi connectivity index (χ3v) is 3.45.